The summed E-state index contributed by atoms with van der Waals surface area (Å²) in [5.41, 5.74) is 0.544. The quantitative estimate of drug-likeness (QED) is 0.700. The van der Waals surface area contributed by atoms with Gasteiger partial charge in [0.2, 0.25) is 11.8 Å². The van der Waals surface area contributed by atoms with Crippen LogP contribution in [0.4, 0.5) is 5.69 Å². The number of amides is 2. The van der Waals surface area contributed by atoms with Gasteiger partial charge in [-0.1, -0.05) is 36.0 Å². The van der Waals surface area contributed by atoms with Gasteiger partial charge in [0.15, 0.2) is 5.17 Å². The number of sulfonamides is 1. The predicted octanol–water partition coefficient (Wildman–Crippen LogP) is 2.73. The molecule has 8 nitrogen and oxygen atoms in total. The molecule has 0 aliphatic carbocycles. The fourth-order valence-corrected chi connectivity index (χ4v) is 5.27. The molecule has 0 saturated carbocycles. The summed E-state index contributed by atoms with van der Waals surface area (Å²) in [6, 6.07) is 14.7. The molecule has 0 spiro atoms. The number of nitrogens with one attached hydrogen (secondary N) is 1. The topological polar surface area (TPSA) is 105 Å². The van der Waals surface area contributed by atoms with Gasteiger partial charge in [-0.3, -0.25) is 14.5 Å². The summed E-state index contributed by atoms with van der Waals surface area (Å²) in [6.45, 7) is 1.98. The van der Waals surface area contributed by atoms with Crippen molar-refractivity contribution in [2.45, 2.75) is 23.5 Å². The number of thioether (sulfide) groups is 1. The second kappa shape index (κ2) is 9.31. The van der Waals surface area contributed by atoms with Crippen LogP contribution in [0.15, 0.2) is 63.9 Å². The summed E-state index contributed by atoms with van der Waals surface area (Å²) in [4.78, 5) is 26.4. The van der Waals surface area contributed by atoms with E-state index in [9.17, 15) is 18.0 Å². The minimum atomic E-state index is -3.96. The Morgan fingerprint density at radius 1 is 1.20 bits per heavy atom. The molecule has 1 aliphatic heterocycles. The number of anilines is 1. The summed E-state index contributed by atoms with van der Waals surface area (Å²) >= 11 is 0.981. The minimum absolute atomic E-state index is 0.0424. The highest BCUT2D eigenvalue weighted by Gasteiger charge is 2.39. The molecule has 2 aromatic carbocycles. The number of nitrogens with zero attached hydrogens (tertiary/aromatic N) is 2. The van der Waals surface area contributed by atoms with E-state index in [4.69, 9.17) is 4.74 Å². The van der Waals surface area contributed by atoms with Crippen LogP contribution in [0.25, 0.3) is 0 Å². The fourth-order valence-electron chi connectivity index (χ4n) is 2.83. The number of amidine groups is 1. The smallest absolute Gasteiger partial charge is 0.284 e. The van der Waals surface area contributed by atoms with Crippen molar-refractivity contribution in [1.29, 1.82) is 0 Å². The first kappa shape index (κ1) is 21.8. The zero-order chi connectivity index (χ0) is 21.7. The molecule has 0 radical (unpaired) electrons. The van der Waals surface area contributed by atoms with Crippen molar-refractivity contribution in [2.24, 2.45) is 4.40 Å². The van der Waals surface area contributed by atoms with Gasteiger partial charge < -0.3 is 10.1 Å². The molecule has 3 rings (SSSR count). The predicted molar refractivity (Wildman–Crippen MR) is 116 cm³/mol. The molecular formula is C20H21N3O5S2. The average Bonchev–Trinajstić information content (AvgIpc) is 3.01. The molecule has 158 valence electrons. The van der Waals surface area contributed by atoms with Crippen molar-refractivity contribution < 1.29 is 22.7 Å². The number of carbonyl (C=O) groups is 2. The van der Waals surface area contributed by atoms with Crippen LogP contribution in [0.2, 0.25) is 0 Å². The number of hydrogen-bond acceptors (Lipinski definition) is 6. The van der Waals surface area contributed by atoms with E-state index in [1.165, 1.54) is 24.1 Å². The van der Waals surface area contributed by atoms with Crippen molar-refractivity contribution in [1.82, 2.24) is 4.90 Å². The van der Waals surface area contributed by atoms with E-state index in [1.54, 1.807) is 49.4 Å². The van der Waals surface area contributed by atoms with Crippen LogP contribution in [-0.4, -0.2) is 49.2 Å². The average molecular weight is 448 g/mol. The second-order valence-corrected chi connectivity index (χ2v) is 9.11. The Balaban J connectivity index is 1.74. The van der Waals surface area contributed by atoms with E-state index in [0.29, 0.717) is 11.4 Å². The third-order valence-electron chi connectivity index (χ3n) is 4.30. The molecule has 1 heterocycles. The summed E-state index contributed by atoms with van der Waals surface area (Å²) in [5, 5.41) is 2.05. The highest BCUT2D eigenvalue weighted by Crippen LogP contribution is 2.31. The van der Waals surface area contributed by atoms with Crippen molar-refractivity contribution in [2.75, 3.05) is 19.0 Å². The van der Waals surface area contributed by atoms with Gasteiger partial charge in [0.1, 0.15) is 11.0 Å². The molecule has 0 bridgehead atoms. The molecule has 1 N–H and O–H groups in total. The molecule has 0 aromatic heterocycles. The number of methoxy groups -OCH3 is 1. The van der Waals surface area contributed by atoms with E-state index in [1.807, 2.05) is 0 Å². The number of carbonyl (C=O) groups excluding carboxylic acids is 2. The van der Waals surface area contributed by atoms with Crippen molar-refractivity contribution >= 4 is 44.5 Å². The number of rotatable bonds is 7. The summed E-state index contributed by atoms with van der Waals surface area (Å²) in [5.74, 6) is -0.112. The van der Waals surface area contributed by atoms with Crippen LogP contribution in [0.1, 0.15) is 13.3 Å². The minimum Gasteiger partial charge on any atom is -0.497 e. The summed E-state index contributed by atoms with van der Waals surface area (Å²) < 4.78 is 34.1. The number of benzene rings is 2. The molecule has 1 atom stereocenters. The third-order valence-corrected chi connectivity index (χ3v) is 6.87. The van der Waals surface area contributed by atoms with Gasteiger partial charge in [0, 0.05) is 24.7 Å². The van der Waals surface area contributed by atoms with E-state index in [0.717, 1.165) is 11.8 Å². The first-order valence-electron chi connectivity index (χ1n) is 9.16. The highest BCUT2D eigenvalue weighted by molar-refractivity contribution is 8.16. The molecule has 30 heavy (non-hydrogen) atoms. The largest absolute Gasteiger partial charge is 0.497 e. The maximum absolute atomic E-state index is 12.7. The first-order valence-corrected chi connectivity index (χ1v) is 11.5. The maximum Gasteiger partial charge on any atom is 0.284 e. The molecule has 1 saturated heterocycles. The van der Waals surface area contributed by atoms with Gasteiger partial charge in [0.05, 0.1) is 12.0 Å². The molecule has 2 aromatic rings. The maximum atomic E-state index is 12.7. The van der Waals surface area contributed by atoms with Gasteiger partial charge >= 0.3 is 0 Å². The zero-order valence-electron chi connectivity index (χ0n) is 16.4. The number of ether oxygens (including phenoxy) is 1. The lowest BCUT2D eigenvalue weighted by molar-refractivity contribution is -0.128. The molecule has 2 amide bonds. The lowest BCUT2D eigenvalue weighted by Gasteiger charge is -2.13. The van der Waals surface area contributed by atoms with Crippen LogP contribution >= 0.6 is 11.8 Å². The molecular weight excluding hydrogens is 426 g/mol. The van der Waals surface area contributed by atoms with Gasteiger partial charge in [-0.2, -0.15) is 8.42 Å². The van der Waals surface area contributed by atoms with E-state index in [2.05, 4.69) is 9.71 Å². The monoisotopic (exact) mass is 447 g/mol. The van der Waals surface area contributed by atoms with Gasteiger partial charge in [-0.25, -0.2) is 0 Å². The lowest BCUT2D eigenvalue weighted by Crippen LogP contribution is -2.33. The highest BCUT2D eigenvalue weighted by atomic mass is 32.2. The molecule has 1 aliphatic rings. The van der Waals surface area contributed by atoms with Gasteiger partial charge in [-0.15, -0.1) is 4.40 Å². The van der Waals surface area contributed by atoms with Crippen LogP contribution < -0.4 is 10.1 Å². The van der Waals surface area contributed by atoms with Crippen LogP contribution in [0.5, 0.6) is 5.75 Å². The van der Waals surface area contributed by atoms with Crippen molar-refractivity contribution in [3.63, 3.8) is 0 Å². The van der Waals surface area contributed by atoms with Crippen LogP contribution in [0, 0.1) is 0 Å². The molecule has 1 unspecified atom stereocenters. The van der Waals surface area contributed by atoms with Crippen LogP contribution in [0.3, 0.4) is 0 Å². The Kier molecular flexibility index (Phi) is 6.78. The Morgan fingerprint density at radius 3 is 2.60 bits per heavy atom. The Hall–Kier alpha value is -2.85. The summed E-state index contributed by atoms with van der Waals surface area (Å²) in [6.07, 6.45) is -0.110. The third kappa shape index (κ3) is 5.00. The normalized spacial score (nSPS) is 17.9. The van der Waals surface area contributed by atoms with E-state index in [-0.39, 0.29) is 34.8 Å². The van der Waals surface area contributed by atoms with Crippen LogP contribution in [-0.2, 0) is 19.6 Å². The van der Waals surface area contributed by atoms with Crippen molar-refractivity contribution in [3.8, 4) is 5.75 Å². The van der Waals surface area contributed by atoms with E-state index < -0.39 is 15.3 Å². The van der Waals surface area contributed by atoms with Gasteiger partial charge in [-0.05, 0) is 31.2 Å². The Labute approximate surface area is 179 Å². The molecule has 10 heteroatoms. The standard InChI is InChI=1S/C20H21N3O5S2/c1-3-23-19(25)17(13-18(24)21-14-8-7-9-15(12-14)28-2)29-20(23)22-30(26,27)16-10-5-4-6-11-16/h4-12,17H,3,13H2,1-2H3,(H,21,24)/b22-20+. The SMILES string of the molecule is CCN1C(=O)C(CC(=O)Nc2cccc(OC)c2)S/C1=N/S(=O)(=O)c1ccccc1. The lowest BCUT2D eigenvalue weighted by atomic mass is 10.2. The van der Waals surface area contributed by atoms with Crippen molar-refractivity contribution in [3.05, 3.63) is 54.6 Å². The fraction of sp³-hybridized carbons (Fsp3) is 0.250. The van der Waals surface area contributed by atoms with E-state index >= 15 is 0 Å². The summed E-state index contributed by atoms with van der Waals surface area (Å²) in [7, 11) is -2.43. The Bertz CT molecular complexity index is 1070. The number of hydrogen-bond donors (Lipinski definition) is 1. The first-order chi connectivity index (χ1) is 14.3. The Morgan fingerprint density at radius 2 is 1.93 bits per heavy atom. The molecule has 1 fully saturated rings. The second-order valence-electron chi connectivity index (χ2n) is 6.34. The van der Waals surface area contributed by atoms with Gasteiger partial charge in [0.25, 0.3) is 10.0 Å². The zero-order valence-corrected chi connectivity index (χ0v) is 18.1.